The van der Waals surface area contributed by atoms with Crippen molar-refractivity contribution in [2.24, 2.45) is 5.92 Å². The van der Waals surface area contributed by atoms with Crippen LogP contribution in [-0.4, -0.2) is 105 Å². The first-order valence-electron chi connectivity index (χ1n) is 15.7. The van der Waals surface area contributed by atoms with Gasteiger partial charge in [0.25, 0.3) is 12.4 Å². The monoisotopic (exact) mass is 692 g/mol. The molecule has 264 valence electrons. The Bertz CT molecular complexity index is 1870. The van der Waals surface area contributed by atoms with Gasteiger partial charge in [0.2, 0.25) is 11.7 Å². The second-order valence-corrected chi connectivity index (χ2v) is 11.3. The van der Waals surface area contributed by atoms with Gasteiger partial charge in [-0.3, -0.25) is 18.8 Å². The number of hydrogen-bond donors (Lipinski definition) is 4. The number of methoxy groups -OCH3 is 1. The number of hydrogen-bond acceptors (Lipinski definition) is 10. The average molecular weight is 693 g/mol. The summed E-state index contributed by atoms with van der Waals surface area (Å²) in [5.41, 5.74) is 2.75. The standard InChI is InChI=1S/C31H33F2N7O4.C2H3N.CH2O2/c1-18-15-19(3-4-20(18)30(42)38-11-13-39(14-12-38)31(43)22-7-8-34-17-24(22)41)37-28-29-36-16-23(40(29)10-9-35-28)21-5-6-25(44-2)27(33)26(21)32;1-2-3;2-1-3/h3-6,9-10,15-16,22,24,34,41H,7-8,11-14,17H2,1-2H3,(H,35,37);1H3;1H,(H,2,3)/t22?,24-;;/m0../s1. The van der Waals surface area contributed by atoms with Gasteiger partial charge in [-0.15, -0.1) is 0 Å². The SMILES string of the molecule is CC#N.COc1ccc(-c2cnc3c(Nc4ccc(C(=O)N5CCN(C(=O)C6CCNC[C@@H]6O)CC5)c(C)c4)nccn23)c(F)c1F.O=CO. The Morgan fingerprint density at radius 2 is 1.80 bits per heavy atom. The predicted molar refractivity (Wildman–Crippen MR) is 179 cm³/mol. The molecule has 4 N–H and O–H groups in total. The van der Waals surface area contributed by atoms with Gasteiger partial charge in [-0.1, -0.05) is 0 Å². The Morgan fingerprint density at radius 3 is 2.44 bits per heavy atom. The summed E-state index contributed by atoms with van der Waals surface area (Å²) in [5, 5.41) is 30.7. The van der Waals surface area contributed by atoms with Crippen molar-refractivity contribution in [3.8, 4) is 23.1 Å². The van der Waals surface area contributed by atoms with E-state index < -0.39 is 23.7 Å². The van der Waals surface area contributed by atoms with Gasteiger partial charge in [-0.25, -0.2) is 14.4 Å². The lowest BCUT2D eigenvalue weighted by Gasteiger charge is -2.38. The molecule has 0 saturated carbocycles. The molecule has 1 unspecified atom stereocenters. The number of piperazine rings is 1. The summed E-state index contributed by atoms with van der Waals surface area (Å²) in [7, 11) is 1.27. The molecule has 6 rings (SSSR count). The number of halogens is 2. The fourth-order valence-electron chi connectivity index (χ4n) is 5.88. The number of nitriles is 1. The summed E-state index contributed by atoms with van der Waals surface area (Å²) < 4.78 is 35.7. The van der Waals surface area contributed by atoms with Crippen molar-refractivity contribution < 1.29 is 38.1 Å². The zero-order chi connectivity index (χ0) is 36.4. The molecule has 2 saturated heterocycles. The molecule has 0 spiro atoms. The minimum absolute atomic E-state index is 0.0285. The van der Waals surface area contributed by atoms with Crippen LogP contribution in [0.1, 0.15) is 29.3 Å². The number of aliphatic hydroxyl groups excluding tert-OH is 1. The maximum Gasteiger partial charge on any atom is 0.290 e. The molecule has 2 amide bonds. The number of aryl methyl sites for hydroxylation is 1. The number of rotatable bonds is 6. The smallest absolute Gasteiger partial charge is 0.290 e. The highest BCUT2D eigenvalue weighted by Gasteiger charge is 2.34. The summed E-state index contributed by atoms with van der Waals surface area (Å²) in [5.74, 6) is -2.48. The average Bonchev–Trinajstić information content (AvgIpc) is 3.55. The Hall–Kier alpha value is -5.66. The molecule has 14 nitrogen and oxygen atoms in total. The molecule has 0 bridgehead atoms. The van der Waals surface area contributed by atoms with Gasteiger partial charge in [0.05, 0.1) is 37.1 Å². The van der Waals surface area contributed by atoms with Crippen LogP contribution < -0.4 is 15.4 Å². The second-order valence-electron chi connectivity index (χ2n) is 11.3. The molecule has 2 fully saturated rings. The lowest BCUT2D eigenvalue weighted by atomic mass is 9.93. The number of fused-ring (bicyclic) bond motifs is 1. The van der Waals surface area contributed by atoms with Crippen LogP contribution in [0.15, 0.2) is 48.9 Å². The fourth-order valence-corrected chi connectivity index (χ4v) is 5.88. The lowest BCUT2D eigenvalue weighted by molar-refractivity contribution is -0.142. The van der Waals surface area contributed by atoms with Gasteiger partial charge >= 0.3 is 0 Å². The van der Waals surface area contributed by atoms with Gasteiger partial charge in [0.1, 0.15) is 0 Å². The molecule has 4 heterocycles. The maximum atomic E-state index is 14.8. The van der Waals surface area contributed by atoms with Gasteiger partial charge in [-0.2, -0.15) is 9.65 Å². The molecule has 2 aliphatic rings. The Kier molecular flexibility index (Phi) is 12.7. The number of nitrogens with zero attached hydrogens (tertiary/aromatic N) is 6. The van der Waals surface area contributed by atoms with Crippen LogP contribution in [0.25, 0.3) is 16.9 Å². The Morgan fingerprint density at radius 1 is 1.12 bits per heavy atom. The first-order valence-corrected chi connectivity index (χ1v) is 15.7. The van der Waals surface area contributed by atoms with Crippen LogP contribution in [0.2, 0.25) is 0 Å². The van der Waals surface area contributed by atoms with E-state index in [1.165, 1.54) is 38.6 Å². The van der Waals surface area contributed by atoms with Gasteiger partial charge in [0.15, 0.2) is 23.0 Å². The van der Waals surface area contributed by atoms with E-state index in [1.54, 1.807) is 38.6 Å². The topological polar surface area (TPSA) is 185 Å². The quantitative estimate of drug-likeness (QED) is 0.218. The first kappa shape index (κ1) is 37.2. The van der Waals surface area contributed by atoms with Crippen molar-refractivity contribution in [2.75, 3.05) is 51.7 Å². The molecule has 0 radical (unpaired) electrons. The highest BCUT2D eigenvalue weighted by molar-refractivity contribution is 5.96. The molecule has 4 aromatic rings. The van der Waals surface area contributed by atoms with E-state index in [9.17, 15) is 23.5 Å². The molecule has 2 aromatic heterocycles. The number of nitrogens with one attached hydrogen (secondary N) is 2. The number of carbonyl (C=O) groups is 3. The number of piperidine rings is 1. The number of aromatic nitrogens is 3. The van der Waals surface area contributed by atoms with E-state index >= 15 is 0 Å². The van der Waals surface area contributed by atoms with Crippen LogP contribution in [0.5, 0.6) is 5.75 Å². The van der Waals surface area contributed by atoms with Gasteiger partial charge < -0.3 is 35.4 Å². The number of ether oxygens (including phenoxy) is 1. The second kappa shape index (κ2) is 17.1. The highest BCUT2D eigenvalue weighted by atomic mass is 19.2. The summed E-state index contributed by atoms with van der Waals surface area (Å²) in [6, 6.07) is 9.89. The molecular weight excluding hydrogens is 654 g/mol. The van der Waals surface area contributed by atoms with Crippen molar-refractivity contribution in [1.29, 1.82) is 5.26 Å². The lowest BCUT2D eigenvalue weighted by Crippen LogP contribution is -2.55. The van der Waals surface area contributed by atoms with Crippen molar-refractivity contribution in [3.63, 3.8) is 0 Å². The largest absolute Gasteiger partial charge is 0.494 e. The summed E-state index contributed by atoms with van der Waals surface area (Å²) >= 11 is 0. The van der Waals surface area contributed by atoms with Crippen LogP contribution in [0.3, 0.4) is 0 Å². The minimum atomic E-state index is -1.08. The summed E-state index contributed by atoms with van der Waals surface area (Å²) in [6.07, 6.45) is 4.50. The normalized spacial score (nSPS) is 17.0. The number of amides is 2. The van der Waals surface area contributed by atoms with Crippen molar-refractivity contribution >= 4 is 35.4 Å². The number of carbonyl (C=O) groups excluding carboxylic acids is 2. The number of anilines is 2. The van der Waals surface area contributed by atoms with Crippen LogP contribution in [-0.2, 0) is 9.59 Å². The molecule has 16 heteroatoms. The van der Waals surface area contributed by atoms with E-state index in [2.05, 4.69) is 20.6 Å². The number of carboxylic acid groups (broad SMARTS) is 1. The molecule has 0 aliphatic carbocycles. The number of aliphatic hydroxyl groups is 1. The molecule has 2 atom stereocenters. The van der Waals surface area contributed by atoms with E-state index in [0.717, 1.165) is 5.56 Å². The van der Waals surface area contributed by atoms with E-state index in [-0.39, 0.29) is 29.6 Å². The third-order valence-electron chi connectivity index (χ3n) is 8.34. The van der Waals surface area contributed by atoms with Crippen LogP contribution >= 0.6 is 0 Å². The third-order valence-corrected chi connectivity index (χ3v) is 8.34. The van der Waals surface area contributed by atoms with Crippen LogP contribution in [0, 0.1) is 35.8 Å². The zero-order valence-electron chi connectivity index (χ0n) is 27.8. The first-order chi connectivity index (χ1) is 24.1. The fraction of sp³-hybridized carbons (Fsp3) is 0.353. The number of β-amino-alcohol motifs (C(OH)–C–C–N with tert-alkyl or cyclic N) is 1. The van der Waals surface area contributed by atoms with E-state index in [0.29, 0.717) is 74.1 Å². The summed E-state index contributed by atoms with van der Waals surface area (Å²) in [4.78, 5) is 47.0. The zero-order valence-corrected chi connectivity index (χ0v) is 27.8. The van der Waals surface area contributed by atoms with Gasteiger partial charge in [0, 0.05) is 68.9 Å². The molecule has 2 aliphatic heterocycles. The third kappa shape index (κ3) is 8.13. The van der Waals surface area contributed by atoms with E-state index in [4.69, 9.17) is 19.9 Å². The Balaban J connectivity index is 0.000000875. The summed E-state index contributed by atoms with van der Waals surface area (Å²) in [6.45, 7) is 5.83. The van der Waals surface area contributed by atoms with E-state index in [1.807, 2.05) is 13.0 Å². The molecular formula is C34H38F2N8O6. The minimum Gasteiger partial charge on any atom is -0.494 e. The number of benzene rings is 2. The van der Waals surface area contributed by atoms with Gasteiger partial charge in [-0.05, 0) is 55.8 Å². The highest BCUT2D eigenvalue weighted by Crippen LogP contribution is 2.32. The molecule has 2 aromatic carbocycles. The Labute approximate surface area is 286 Å². The predicted octanol–water partition coefficient (Wildman–Crippen LogP) is 3.22. The number of imidazole rings is 1. The molecule has 50 heavy (non-hydrogen) atoms. The van der Waals surface area contributed by atoms with Crippen molar-refractivity contribution in [3.05, 3.63) is 71.7 Å². The maximum absolute atomic E-state index is 14.8. The van der Waals surface area contributed by atoms with Crippen LogP contribution in [0.4, 0.5) is 20.3 Å². The van der Waals surface area contributed by atoms with Crippen molar-refractivity contribution in [2.45, 2.75) is 26.4 Å². The van der Waals surface area contributed by atoms with Crippen molar-refractivity contribution in [1.82, 2.24) is 29.5 Å².